The Kier molecular flexibility index (Phi) is 6.53. The lowest BCUT2D eigenvalue weighted by Gasteiger charge is -2.36. The molecule has 0 bridgehead atoms. The van der Waals surface area contributed by atoms with E-state index in [-0.39, 0.29) is 31.0 Å². The first-order chi connectivity index (χ1) is 16.9. The van der Waals surface area contributed by atoms with Crippen LogP contribution in [0.4, 0.5) is 0 Å². The van der Waals surface area contributed by atoms with Gasteiger partial charge in [0.2, 0.25) is 11.8 Å². The first-order valence-corrected chi connectivity index (χ1v) is 13.2. The van der Waals surface area contributed by atoms with Gasteiger partial charge in [-0.15, -0.1) is 11.8 Å². The maximum absolute atomic E-state index is 14.2. The van der Waals surface area contributed by atoms with E-state index in [2.05, 4.69) is 0 Å². The van der Waals surface area contributed by atoms with E-state index < -0.39 is 27.4 Å². The molecule has 0 aromatic heterocycles. The molecule has 4 aliphatic rings. The molecule has 1 spiro atoms. The van der Waals surface area contributed by atoms with Crippen molar-refractivity contribution in [2.45, 2.75) is 48.3 Å². The van der Waals surface area contributed by atoms with Gasteiger partial charge in [-0.25, -0.2) is 0 Å². The first kappa shape index (κ1) is 24.1. The van der Waals surface area contributed by atoms with Crippen LogP contribution in [0.15, 0.2) is 54.6 Å². The number of fused-ring (bicyclic) bond motifs is 2. The molecule has 8 heteroatoms. The number of ether oxygens (including phenoxy) is 1. The van der Waals surface area contributed by atoms with E-state index >= 15 is 0 Å². The first-order valence-electron chi connectivity index (χ1n) is 12.4. The molecule has 35 heavy (non-hydrogen) atoms. The molecule has 4 aliphatic heterocycles. The van der Waals surface area contributed by atoms with Crippen LogP contribution in [0.5, 0.6) is 0 Å². The zero-order valence-electron chi connectivity index (χ0n) is 20.0. The molecule has 1 N–H and O–H groups in total. The number of hydrogen-bond acceptors (Lipinski definition) is 6. The molecule has 4 heterocycles. The van der Waals surface area contributed by atoms with E-state index in [4.69, 9.17) is 4.74 Å². The van der Waals surface area contributed by atoms with Crippen LogP contribution in [0.25, 0.3) is 0 Å². The van der Waals surface area contributed by atoms with Crippen LogP contribution in [0.1, 0.15) is 31.7 Å². The summed E-state index contributed by atoms with van der Waals surface area (Å²) >= 11 is 1.57. The lowest BCUT2D eigenvalue weighted by Crippen LogP contribution is -2.53. The molecular weight excluding hydrogens is 464 g/mol. The largest absolute Gasteiger partial charge is 0.461 e. The second-order valence-electron chi connectivity index (χ2n) is 9.95. The van der Waals surface area contributed by atoms with Crippen LogP contribution in [0.3, 0.4) is 0 Å². The molecule has 1 aromatic carbocycles. The van der Waals surface area contributed by atoms with Crippen molar-refractivity contribution in [3.8, 4) is 0 Å². The van der Waals surface area contributed by atoms with Crippen molar-refractivity contribution in [1.29, 1.82) is 0 Å². The zero-order chi connectivity index (χ0) is 24.6. The summed E-state index contributed by atoms with van der Waals surface area (Å²) in [4.78, 5) is 44.9. The summed E-state index contributed by atoms with van der Waals surface area (Å²) < 4.78 is 4.00. The lowest BCUT2D eigenvalue weighted by atomic mass is 9.75. The molecule has 0 radical (unpaired) electrons. The molecular formula is C27H32N2O5S. The average Bonchev–Trinajstić information content (AvgIpc) is 3.10. The summed E-state index contributed by atoms with van der Waals surface area (Å²) in [5.74, 6) is -1.91. The van der Waals surface area contributed by atoms with Gasteiger partial charge in [0.05, 0.1) is 16.6 Å². The molecule has 5 rings (SSSR count). The van der Waals surface area contributed by atoms with Crippen LogP contribution in [-0.2, 0) is 25.7 Å². The number of unbranched alkanes of at least 4 members (excludes halogenated alkanes) is 2. The number of benzene rings is 1. The minimum absolute atomic E-state index is 0.0817. The van der Waals surface area contributed by atoms with Crippen molar-refractivity contribution in [2.24, 2.45) is 11.8 Å². The van der Waals surface area contributed by atoms with Gasteiger partial charge in [0.25, 0.3) is 0 Å². The predicted molar refractivity (Wildman–Crippen MR) is 133 cm³/mol. The van der Waals surface area contributed by atoms with Crippen molar-refractivity contribution in [3.63, 3.8) is 0 Å². The average molecular weight is 497 g/mol. The number of thioether (sulfide) groups is 1. The Balaban J connectivity index is 1.54. The maximum Gasteiger partial charge on any atom is 0.311 e. The highest BCUT2D eigenvalue weighted by Crippen LogP contribution is 2.65. The molecule has 186 valence electrons. The van der Waals surface area contributed by atoms with E-state index in [1.54, 1.807) is 16.7 Å². The van der Waals surface area contributed by atoms with E-state index in [0.717, 1.165) is 12.0 Å². The van der Waals surface area contributed by atoms with Gasteiger partial charge < -0.3 is 19.6 Å². The molecule has 2 amide bonds. The third-order valence-corrected chi connectivity index (χ3v) is 9.47. The van der Waals surface area contributed by atoms with E-state index in [1.165, 1.54) is 0 Å². The molecule has 0 saturated carbocycles. The third kappa shape index (κ3) is 4.00. The lowest BCUT2D eigenvalue weighted by molar-refractivity contribution is -0.152. The highest BCUT2D eigenvalue weighted by atomic mass is 32.2. The Morgan fingerprint density at radius 1 is 1.03 bits per heavy atom. The Bertz CT molecular complexity index is 1060. The van der Waals surface area contributed by atoms with Crippen LogP contribution < -0.4 is 0 Å². The predicted octanol–water partition coefficient (Wildman–Crippen LogP) is 2.55. The van der Waals surface area contributed by atoms with Gasteiger partial charge >= 0.3 is 5.97 Å². The minimum atomic E-state index is -0.837. The van der Waals surface area contributed by atoms with Crippen LogP contribution in [0.2, 0.25) is 0 Å². The number of amides is 2. The normalized spacial score (nSPS) is 33.8. The topological polar surface area (TPSA) is 87.1 Å². The number of aliphatic hydroxyl groups is 1. The third-order valence-electron chi connectivity index (χ3n) is 7.67. The number of hydrogen-bond donors (Lipinski definition) is 1. The number of carbonyl (C=O) groups excluding carboxylic acids is 3. The molecule has 2 fully saturated rings. The van der Waals surface area contributed by atoms with Gasteiger partial charge in [-0.05, 0) is 37.8 Å². The summed E-state index contributed by atoms with van der Waals surface area (Å²) in [6.07, 6.45) is 9.97. The number of cyclic esters (lactones) is 1. The van der Waals surface area contributed by atoms with E-state index in [0.29, 0.717) is 32.5 Å². The maximum atomic E-state index is 14.2. The smallest absolute Gasteiger partial charge is 0.311 e. The molecule has 1 aromatic rings. The second kappa shape index (κ2) is 9.47. The monoisotopic (exact) mass is 496 g/mol. The van der Waals surface area contributed by atoms with Crippen molar-refractivity contribution in [3.05, 3.63) is 60.2 Å². The fourth-order valence-electron chi connectivity index (χ4n) is 6.16. The van der Waals surface area contributed by atoms with Gasteiger partial charge in [0.1, 0.15) is 12.6 Å². The highest BCUT2D eigenvalue weighted by molar-refractivity contribution is 8.02. The SMILES string of the molecule is C[C@@]12C=CCOC(=O)[C@@H]1[C@H]1C(=O)N(CCCCCO)C3C(=O)N(Cc4ccccc4)CC=C[C@@]31S2. The second-order valence-corrected chi connectivity index (χ2v) is 11.7. The number of esters is 1. The molecule has 0 aliphatic carbocycles. The van der Waals surface area contributed by atoms with Gasteiger partial charge in [0, 0.05) is 31.0 Å². The van der Waals surface area contributed by atoms with Crippen LogP contribution in [0, 0.1) is 11.8 Å². The quantitative estimate of drug-likeness (QED) is 0.355. The molecule has 2 saturated heterocycles. The van der Waals surface area contributed by atoms with Gasteiger partial charge in [-0.1, -0.05) is 48.6 Å². The van der Waals surface area contributed by atoms with Crippen molar-refractivity contribution in [2.75, 3.05) is 26.3 Å². The Labute approximate surface area is 210 Å². The summed E-state index contributed by atoms with van der Waals surface area (Å²) in [5.41, 5.74) is 1.03. The fraction of sp³-hybridized carbons (Fsp3) is 0.519. The Morgan fingerprint density at radius 3 is 2.60 bits per heavy atom. The zero-order valence-corrected chi connectivity index (χ0v) is 20.8. The number of nitrogens with zero attached hydrogens (tertiary/aromatic N) is 2. The van der Waals surface area contributed by atoms with Crippen molar-refractivity contribution < 1.29 is 24.2 Å². The Morgan fingerprint density at radius 2 is 1.83 bits per heavy atom. The van der Waals surface area contributed by atoms with Gasteiger partial charge in [0.15, 0.2) is 0 Å². The number of aliphatic hydroxyl groups excluding tert-OH is 1. The summed E-state index contributed by atoms with van der Waals surface area (Å²) in [6, 6.07) is 9.16. The van der Waals surface area contributed by atoms with Gasteiger partial charge in [-0.2, -0.15) is 0 Å². The standard InChI is InChI=1S/C27H32N2O5S/c1-26-12-9-17-34-25(33)21(26)20-23(31)29(15-6-3-7-16-30)22-24(32)28(14-8-13-27(20,22)35-26)18-19-10-4-2-5-11-19/h2,4-5,8-13,20-22,30H,3,6-7,14-18H2,1H3/t20-,21-,22?,26+,27-/m0/s1. The van der Waals surface area contributed by atoms with Crippen molar-refractivity contribution in [1.82, 2.24) is 9.80 Å². The molecule has 7 nitrogen and oxygen atoms in total. The van der Waals surface area contributed by atoms with Crippen molar-refractivity contribution >= 4 is 29.5 Å². The highest BCUT2D eigenvalue weighted by Gasteiger charge is 2.73. The Hall–Kier alpha value is -2.58. The van der Waals surface area contributed by atoms with E-state index in [1.807, 2.05) is 66.5 Å². The number of carbonyl (C=O) groups is 3. The number of rotatable bonds is 7. The van der Waals surface area contributed by atoms with E-state index in [9.17, 15) is 19.5 Å². The number of likely N-dealkylation sites (tertiary alicyclic amines) is 1. The minimum Gasteiger partial charge on any atom is -0.461 e. The molecule has 5 atom stereocenters. The van der Waals surface area contributed by atoms with Crippen LogP contribution in [-0.4, -0.2) is 74.5 Å². The van der Waals surface area contributed by atoms with Crippen LogP contribution >= 0.6 is 11.8 Å². The summed E-state index contributed by atoms with van der Waals surface area (Å²) in [5, 5.41) is 9.18. The van der Waals surface area contributed by atoms with Gasteiger partial charge in [-0.3, -0.25) is 14.4 Å². The summed E-state index contributed by atoms with van der Waals surface area (Å²) in [7, 11) is 0. The summed E-state index contributed by atoms with van der Waals surface area (Å²) in [6.45, 7) is 3.63. The molecule has 1 unspecified atom stereocenters. The fourth-order valence-corrected chi connectivity index (χ4v) is 8.31.